The summed E-state index contributed by atoms with van der Waals surface area (Å²) in [5.41, 5.74) is 3.30. The van der Waals surface area contributed by atoms with E-state index >= 15 is 0 Å². The van der Waals surface area contributed by atoms with Crippen molar-refractivity contribution >= 4 is 32.9 Å². The van der Waals surface area contributed by atoms with Crippen molar-refractivity contribution in [3.8, 4) is 21.8 Å². The van der Waals surface area contributed by atoms with Crippen LogP contribution < -0.4 is 9.62 Å². The molecule has 6 nitrogen and oxygen atoms in total. The molecule has 0 saturated carbocycles. The molecule has 2 aromatic heterocycles. The summed E-state index contributed by atoms with van der Waals surface area (Å²) in [6.45, 7) is 2.11. The van der Waals surface area contributed by atoms with Crippen LogP contribution in [0.5, 0.6) is 0 Å². The predicted octanol–water partition coefficient (Wildman–Crippen LogP) is 5.01. The van der Waals surface area contributed by atoms with Gasteiger partial charge in [0.25, 0.3) is 0 Å². The smallest absolute Gasteiger partial charge is 0.229 e. The van der Waals surface area contributed by atoms with Crippen molar-refractivity contribution in [2.45, 2.75) is 32.1 Å². The van der Waals surface area contributed by atoms with Crippen molar-refractivity contribution in [1.82, 2.24) is 9.97 Å². The second-order valence-corrected chi connectivity index (χ2v) is 10.3. The Bertz CT molecular complexity index is 1100. The minimum absolute atomic E-state index is 0.535. The van der Waals surface area contributed by atoms with Crippen LogP contribution in [0.15, 0.2) is 48.0 Å². The van der Waals surface area contributed by atoms with Gasteiger partial charge in [0.1, 0.15) is 10.8 Å². The fourth-order valence-corrected chi connectivity index (χ4v) is 5.08. The lowest BCUT2D eigenvalue weighted by atomic mass is 10.1. The summed E-state index contributed by atoms with van der Waals surface area (Å²) in [5, 5.41) is 2.94. The summed E-state index contributed by atoms with van der Waals surface area (Å²) in [5.74, 6) is 1.02. The van der Waals surface area contributed by atoms with Crippen LogP contribution in [0.25, 0.3) is 21.8 Å². The first-order valence-electron chi connectivity index (χ1n) is 10.2. The largest absolute Gasteiger partial charge is 0.357 e. The van der Waals surface area contributed by atoms with Gasteiger partial charge < -0.3 is 4.90 Å². The highest BCUT2D eigenvalue weighted by molar-refractivity contribution is 7.92. The quantitative estimate of drug-likeness (QED) is 0.601. The molecule has 3 heterocycles. The highest BCUT2D eigenvalue weighted by Crippen LogP contribution is 2.31. The van der Waals surface area contributed by atoms with Crippen molar-refractivity contribution in [1.29, 1.82) is 0 Å². The Morgan fingerprint density at radius 3 is 2.53 bits per heavy atom. The van der Waals surface area contributed by atoms with Crippen LogP contribution in [-0.4, -0.2) is 37.7 Å². The van der Waals surface area contributed by atoms with Crippen molar-refractivity contribution in [2.24, 2.45) is 0 Å². The SMILES string of the molecule is CS(=O)(=O)Nc1cccc(-c2csc(-c3ccnc(N4CCCCCCC4)c3)n2)c1. The summed E-state index contributed by atoms with van der Waals surface area (Å²) < 4.78 is 25.5. The number of pyridine rings is 1. The molecule has 1 fully saturated rings. The number of nitrogens with zero attached hydrogens (tertiary/aromatic N) is 3. The first kappa shape index (κ1) is 20.8. The molecule has 8 heteroatoms. The molecule has 1 saturated heterocycles. The van der Waals surface area contributed by atoms with Crippen LogP contribution in [0.4, 0.5) is 11.5 Å². The van der Waals surface area contributed by atoms with E-state index in [2.05, 4.69) is 20.7 Å². The van der Waals surface area contributed by atoms with E-state index in [-0.39, 0.29) is 0 Å². The number of rotatable bonds is 5. The van der Waals surface area contributed by atoms with Gasteiger partial charge in [-0.2, -0.15) is 0 Å². The summed E-state index contributed by atoms with van der Waals surface area (Å²) in [6.07, 6.45) is 9.36. The van der Waals surface area contributed by atoms with Gasteiger partial charge in [0.15, 0.2) is 0 Å². The molecule has 0 amide bonds. The van der Waals surface area contributed by atoms with Crippen LogP contribution in [0.1, 0.15) is 32.1 Å². The van der Waals surface area contributed by atoms with Gasteiger partial charge in [-0.15, -0.1) is 11.3 Å². The first-order valence-corrected chi connectivity index (χ1v) is 13.0. The molecule has 1 aliphatic heterocycles. The standard InChI is InChI=1S/C22H26N4O2S2/c1-30(27,28)25-19-9-7-8-17(14-19)20-16-29-22(24-20)18-10-11-23-21(15-18)26-12-5-3-2-4-6-13-26/h7-11,14-16,25H,2-6,12-13H2,1H3. The molecule has 4 rings (SSSR count). The molecule has 0 bridgehead atoms. The van der Waals surface area contributed by atoms with E-state index in [1.54, 1.807) is 23.5 Å². The summed E-state index contributed by atoms with van der Waals surface area (Å²) in [6, 6.07) is 11.4. The molecule has 0 aliphatic carbocycles. The van der Waals surface area contributed by atoms with Crippen LogP contribution in [-0.2, 0) is 10.0 Å². The third kappa shape index (κ3) is 5.37. The van der Waals surface area contributed by atoms with E-state index in [1.807, 2.05) is 29.8 Å². The number of aromatic nitrogens is 2. The highest BCUT2D eigenvalue weighted by atomic mass is 32.2. The monoisotopic (exact) mass is 442 g/mol. The van der Waals surface area contributed by atoms with E-state index in [0.29, 0.717) is 5.69 Å². The van der Waals surface area contributed by atoms with Gasteiger partial charge in [0.05, 0.1) is 11.9 Å². The second-order valence-electron chi connectivity index (χ2n) is 7.65. The maximum Gasteiger partial charge on any atom is 0.229 e. The summed E-state index contributed by atoms with van der Waals surface area (Å²) in [4.78, 5) is 11.8. The van der Waals surface area contributed by atoms with E-state index in [1.165, 1.54) is 32.1 Å². The maximum absolute atomic E-state index is 11.5. The average molecular weight is 443 g/mol. The van der Waals surface area contributed by atoms with Crippen LogP contribution in [0.3, 0.4) is 0 Å². The minimum atomic E-state index is -3.31. The molecule has 0 atom stereocenters. The van der Waals surface area contributed by atoms with E-state index < -0.39 is 10.0 Å². The lowest BCUT2D eigenvalue weighted by Crippen LogP contribution is -2.27. The number of thiazole rings is 1. The van der Waals surface area contributed by atoms with Gasteiger partial charge >= 0.3 is 0 Å². The van der Waals surface area contributed by atoms with Gasteiger partial charge in [-0.05, 0) is 37.1 Å². The lowest BCUT2D eigenvalue weighted by Gasteiger charge is -2.26. The summed E-state index contributed by atoms with van der Waals surface area (Å²) >= 11 is 1.58. The fourth-order valence-electron chi connectivity index (χ4n) is 3.70. The number of benzene rings is 1. The lowest BCUT2D eigenvalue weighted by molar-refractivity contribution is 0.554. The van der Waals surface area contributed by atoms with E-state index in [9.17, 15) is 8.42 Å². The molecule has 0 radical (unpaired) electrons. The third-order valence-electron chi connectivity index (χ3n) is 5.14. The second kappa shape index (κ2) is 9.14. The van der Waals surface area contributed by atoms with Gasteiger partial charge in [-0.1, -0.05) is 31.4 Å². The highest BCUT2D eigenvalue weighted by Gasteiger charge is 2.13. The van der Waals surface area contributed by atoms with Crippen molar-refractivity contribution < 1.29 is 8.42 Å². The van der Waals surface area contributed by atoms with Crippen LogP contribution in [0.2, 0.25) is 0 Å². The molecule has 1 aliphatic rings. The summed E-state index contributed by atoms with van der Waals surface area (Å²) in [7, 11) is -3.31. The molecular weight excluding hydrogens is 416 g/mol. The van der Waals surface area contributed by atoms with Gasteiger partial charge in [0.2, 0.25) is 10.0 Å². The molecule has 3 aromatic rings. The average Bonchev–Trinajstić information content (AvgIpc) is 3.17. The molecule has 1 aromatic carbocycles. The number of anilines is 2. The zero-order valence-corrected chi connectivity index (χ0v) is 18.7. The van der Waals surface area contributed by atoms with Crippen LogP contribution >= 0.6 is 11.3 Å². The molecule has 0 spiro atoms. The van der Waals surface area contributed by atoms with Crippen molar-refractivity contribution in [3.05, 3.63) is 48.0 Å². The zero-order chi connectivity index (χ0) is 21.0. The Hall–Kier alpha value is -2.45. The number of sulfonamides is 1. The Balaban J connectivity index is 1.56. The normalized spacial score (nSPS) is 15.4. The van der Waals surface area contributed by atoms with Crippen LogP contribution in [0, 0.1) is 0 Å². The zero-order valence-electron chi connectivity index (χ0n) is 17.0. The van der Waals surface area contributed by atoms with E-state index in [4.69, 9.17) is 4.98 Å². The van der Waals surface area contributed by atoms with Gasteiger partial charge in [-0.3, -0.25) is 4.72 Å². The number of nitrogens with one attached hydrogen (secondary N) is 1. The first-order chi connectivity index (χ1) is 14.5. The predicted molar refractivity (Wildman–Crippen MR) is 125 cm³/mol. The Morgan fingerprint density at radius 2 is 1.77 bits per heavy atom. The topological polar surface area (TPSA) is 75.2 Å². The van der Waals surface area contributed by atoms with E-state index in [0.717, 1.165) is 47.0 Å². The third-order valence-corrected chi connectivity index (χ3v) is 6.64. The molecule has 30 heavy (non-hydrogen) atoms. The Morgan fingerprint density at radius 1 is 1.00 bits per heavy atom. The van der Waals surface area contributed by atoms with Crippen molar-refractivity contribution in [3.63, 3.8) is 0 Å². The molecule has 158 valence electrons. The Labute approximate surface area is 182 Å². The minimum Gasteiger partial charge on any atom is -0.357 e. The van der Waals surface area contributed by atoms with Crippen molar-refractivity contribution in [2.75, 3.05) is 29.0 Å². The Kier molecular flexibility index (Phi) is 6.34. The molecular formula is C22H26N4O2S2. The molecule has 1 N–H and O–H groups in total. The fraction of sp³-hybridized carbons (Fsp3) is 0.364. The van der Waals surface area contributed by atoms with Gasteiger partial charge in [0, 0.05) is 41.5 Å². The molecule has 0 unspecified atom stereocenters. The maximum atomic E-state index is 11.5. The number of hydrogen-bond donors (Lipinski definition) is 1. The number of hydrogen-bond acceptors (Lipinski definition) is 6. The van der Waals surface area contributed by atoms with Gasteiger partial charge in [-0.25, -0.2) is 18.4 Å².